The minimum Gasteiger partial charge on any atom is -0.496 e. The van der Waals surface area contributed by atoms with Crippen molar-refractivity contribution in [2.24, 2.45) is 0 Å². The van der Waals surface area contributed by atoms with Crippen molar-refractivity contribution in [3.8, 4) is 17.2 Å². The Labute approximate surface area is 315 Å². The number of halogens is 7. The SMILES string of the molecule is COc1cc(OS(=O)(=O)C(F)(F)F)ccc1C(=O)c1cc(Cl)c(Cl)n1-c1c(Cl)c(Cl)n(S(=O)(=O)c2ccc(C)cc2)c1C(=O)c1ccc(C)cc1C. The molecule has 0 saturated heterocycles. The third-order valence-electron chi connectivity index (χ3n) is 7.66. The van der Waals surface area contributed by atoms with Gasteiger partial charge in [0, 0.05) is 11.6 Å². The molecule has 2 heterocycles. The summed E-state index contributed by atoms with van der Waals surface area (Å²) >= 11 is 26.4. The van der Waals surface area contributed by atoms with Crippen LogP contribution in [0.1, 0.15) is 48.8 Å². The number of nitrogens with zero attached hydrogens (tertiary/aromatic N) is 2. The predicted molar refractivity (Wildman–Crippen MR) is 189 cm³/mol. The number of ether oxygens (including phenoxy) is 1. The zero-order valence-corrected chi connectivity index (χ0v) is 31.6. The monoisotopic (exact) mass is 836 g/mol. The quantitative estimate of drug-likeness (QED) is 0.0776. The van der Waals surface area contributed by atoms with E-state index < -0.39 is 81.1 Å². The Morgan fingerprint density at radius 3 is 1.92 bits per heavy atom. The van der Waals surface area contributed by atoms with E-state index >= 15 is 0 Å². The summed E-state index contributed by atoms with van der Waals surface area (Å²) in [6, 6.07) is 13.9. The molecule has 2 aromatic heterocycles. The number of hydrogen-bond donors (Lipinski definition) is 0. The number of carbonyl (C=O) groups is 2. The molecule has 5 rings (SSSR count). The molecule has 0 spiro atoms. The van der Waals surface area contributed by atoms with E-state index in [9.17, 15) is 39.6 Å². The Hall–Kier alpha value is -3.99. The number of carbonyl (C=O) groups excluding carboxylic acids is 2. The van der Waals surface area contributed by atoms with Crippen LogP contribution in [0.3, 0.4) is 0 Å². The highest BCUT2D eigenvalue weighted by Gasteiger charge is 2.48. The van der Waals surface area contributed by atoms with E-state index in [0.29, 0.717) is 9.54 Å². The van der Waals surface area contributed by atoms with E-state index in [1.165, 1.54) is 30.3 Å². The largest absolute Gasteiger partial charge is 0.534 e. The molecule has 0 aliphatic rings. The summed E-state index contributed by atoms with van der Waals surface area (Å²) in [4.78, 5) is 28.5. The molecule has 3 aromatic carbocycles. The van der Waals surface area contributed by atoms with E-state index in [1.807, 2.05) is 0 Å². The second-order valence-electron chi connectivity index (χ2n) is 11.2. The van der Waals surface area contributed by atoms with Crippen molar-refractivity contribution in [3.05, 3.63) is 126 Å². The lowest BCUT2D eigenvalue weighted by molar-refractivity contribution is -0.0500. The molecule has 0 unspecified atom stereocenters. The number of aromatic nitrogens is 2. The van der Waals surface area contributed by atoms with Crippen LogP contribution in [0.15, 0.2) is 71.6 Å². The Bertz CT molecular complexity index is 2510. The molecule has 52 heavy (non-hydrogen) atoms. The Morgan fingerprint density at radius 1 is 0.750 bits per heavy atom. The van der Waals surface area contributed by atoms with Crippen molar-refractivity contribution >= 4 is 78.1 Å². The minimum absolute atomic E-state index is 0.0476. The van der Waals surface area contributed by atoms with Gasteiger partial charge in [-0.3, -0.25) is 14.2 Å². The normalized spacial score (nSPS) is 12.2. The number of ketones is 2. The van der Waals surface area contributed by atoms with Crippen molar-refractivity contribution in [2.75, 3.05) is 7.11 Å². The van der Waals surface area contributed by atoms with Crippen LogP contribution in [0.2, 0.25) is 20.4 Å². The van der Waals surface area contributed by atoms with Crippen molar-refractivity contribution in [2.45, 2.75) is 31.2 Å². The van der Waals surface area contributed by atoms with Crippen LogP contribution in [0.25, 0.3) is 5.69 Å². The summed E-state index contributed by atoms with van der Waals surface area (Å²) in [7, 11) is -9.73. The smallest absolute Gasteiger partial charge is 0.496 e. The molecule has 0 radical (unpaired) electrons. The maximum absolute atomic E-state index is 14.5. The number of aryl methyl sites for hydroxylation is 3. The van der Waals surface area contributed by atoms with Crippen LogP contribution in [-0.4, -0.2) is 49.6 Å². The van der Waals surface area contributed by atoms with Crippen molar-refractivity contribution in [1.82, 2.24) is 8.54 Å². The van der Waals surface area contributed by atoms with Gasteiger partial charge in [0.05, 0.1) is 34.0 Å². The lowest BCUT2D eigenvalue weighted by Gasteiger charge is -2.16. The number of alkyl halides is 3. The third-order valence-corrected chi connectivity index (χ3v) is 12.0. The zero-order valence-electron chi connectivity index (χ0n) is 27.0. The zero-order chi connectivity index (χ0) is 38.7. The molecule has 10 nitrogen and oxygen atoms in total. The van der Waals surface area contributed by atoms with Crippen LogP contribution in [0.5, 0.6) is 11.5 Å². The molecule has 5 aromatic rings. The molecule has 0 amide bonds. The van der Waals surface area contributed by atoms with Crippen LogP contribution in [0, 0.1) is 20.8 Å². The van der Waals surface area contributed by atoms with Gasteiger partial charge in [-0.2, -0.15) is 21.6 Å². The first-order valence-corrected chi connectivity index (χ1v) is 18.8. The van der Waals surface area contributed by atoms with Gasteiger partial charge < -0.3 is 8.92 Å². The topological polar surface area (TPSA) is 131 Å². The minimum atomic E-state index is -6.08. The molecule has 0 saturated carbocycles. The van der Waals surface area contributed by atoms with Crippen LogP contribution in [-0.2, 0) is 20.1 Å². The molecular weight excluding hydrogens is 815 g/mol. The van der Waals surface area contributed by atoms with E-state index in [4.69, 9.17) is 51.1 Å². The molecule has 0 N–H and O–H groups in total. The fourth-order valence-corrected chi connectivity index (χ4v) is 8.22. The molecule has 0 fully saturated rings. The van der Waals surface area contributed by atoms with Gasteiger partial charge in [0.2, 0.25) is 11.6 Å². The fraction of sp³-hybridized carbons (Fsp3) is 0.152. The fourth-order valence-electron chi connectivity index (χ4n) is 5.19. The van der Waals surface area contributed by atoms with Crippen LogP contribution < -0.4 is 8.92 Å². The van der Waals surface area contributed by atoms with Crippen LogP contribution in [0.4, 0.5) is 13.2 Å². The number of hydrogen-bond acceptors (Lipinski definition) is 8. The Balaban J connectivity index is 1.79. The first-order chi connectivity index (χ1) is 24.1. The van der Waals surface area contributed by atoms with E-state index in [-0.39, 0.29) is 21.0 Å². The van der Waals surface area contributed by atoms with E-state index in [2.05, 4.69) is 4.18 Å². The number of methoxy groups -OCH3 is 1. The summed E-state index contributed by atoms with van der Waals surface area (Å²) in [5, 5.41) is -1.86. The van der Waals surface area contributed by atoms with Crippen molar-refractivity contribution < 1.29 is 48.5 Å². The van der Waals surface area contributed by atoms with Gasteiger partial charge in [-0.1, -0.05) is 87.9 Å². The number of rotatable bonds is 10. The highest BCUT2D eigenvalue weighted by Crippen LogP contribution is 2.44. The van der Waals surface area contributed by atoms with Crippen LogP contribution >= 0.6 is 46.4 Å². The molecule has 0 atom stereocenters. The standard InChI is InChI=1S/C33H23Cl4F3N2O8S2/c1-16-5-9-20(10-6-16)51(45,46)42-28(30(44)21-11-7-17(2)13-18(21)3)27(26(35)32(42)37)41-24(15-23(34)31(41)36)29(43)22-12-8-19(14-25(22)49-4)50-52(47,48)33(38,39)40/h5-15H,1-4H3. The molecule has 0 aliphatic heterocycles. The second-order valence-corrected chi connectivity index (χ2v) is 16.0. The van der Waals surface area contributed by atoms with Gasteiger partial charge in [-0.25, -0.2) is 12.4 Å². The first kappa shape index (κ1) is 39.2. The van der Waals surface area contributed by atoms with Crippen molar-refractivity contribution in [1.29, 1.82) is 0 Å². The average Bonchev–Trinajstić information content (AvgIpc) is 3.50. The highest BCUT2D eigenvalue weighted by atomic mass is 35.5. The predicted octanol–water partition coefficient (Wildman–Crippen LogP) is 8.75. The lowest BCUT2D eigenvalue weighted by Crippen LogP contribution is -2.28. The molecule has 274 valence electrons. The molecule has 0 bridgehead atoms. The first-order valence-electron chi connectivity index (χ1n) is 14.5. The van der Waals surface area contributed by atoms with Gasteiger partial charge in [-0.05, 0) is 56.7 Å². The van der Waals surface area contributed by atoms with Gasteiger partial charge in [-0.15, -0.1) is 0 Å². The molecule has 19 heteroatoms. The third kappa shape index (κ3) is 6.93. The Kier molecular flexibility index (Phi) is 10.6. The summed E-state index contributed by atoms with van der Waals surface area (Å²) in [6.07, 6.45) is 0. The summed E-state index contributed by atoms with van der Waals surface area (Å²) < 4.78 is 101. The number of benzene rings is 3. The van der Waals surface area contributed by atoms with Crippen molar-refractivity contribution in [3.63, 3.8) is 0 Å². The lowest BCUT2D eigenvalue weighted by atomic mass is 10.00. The second kappa shape index (κ2) is 14.1. The van der Waals surface area contributed by atoms with Gasteiger partial charge in [0.25, 0.3) is 10.0 Å². The summed E-state index contributed by atoms with van der Waals surface area (Å²) in [5.41, 5.74) is -5.62. The molecule has 0 aliphatic carbocycles. The molecular formula is C33H23Cl4F3N2O8S2. The van der Waals surface area contributed by atoms with Gasteiger partial charge in [0.15, 0.2) is 0 Å². The van der Waals surface area contributed by atoms with Gasteiger partial charge in [0.1, 0.15) is 32.5 Å². The Morgan fingerprint density at radius 2 is 1.35 bits per heavy atom. The van der Waals surface area contributed by atoms with Gasteiger partial charge >= 0.3 is 15.6 Å². The maximum Gasteiger partial charge on any atom is 0.534 e. The van der Waals surface area contributed by atoms with E-state index in [1.54, 1.807) is 32.9 Å². The summed E-state index contributed by atoms with van der Waals surface area (Å²) in [5.74, 6) is -3.18. The summed E-state index contributed by atoms with van der Waals surface area (Å²) in [6.45, 7) is 5.14. The average molecular weight is 838 g/mol. The highest BCUT2D eigenvalue weighted by molar-refractivity contribution is 7.90. The van der Waals surface area contributed by atoms with E-state index in [0.717, 1.165) is 47.1 Å². The maximum atomic E-state index is 14.5.